The van der Waals surface area contributed by atoms with Crippen LogP contribution in [0.2, 0.25) is 0 Å². The minimum Gasteiger partial charge on any atom is -0.397 e. The van der Waals surface area contributed by atoms with Crippen molar-refractivity contribution in [3.8, 4) is 0 Å². The summed E-state index contributed by atoms with van der Waals surface area (Å²) in [6.45, 7) is 3.21. The topological polar surface area (TPSA) is 67.2 Å². The third-order valence-electron chi connectivity index (χ3n) is 3.93. The highest BCUT2D eigenvalue weighted by molar-refractivity contribution is 5.95. The fraction of sp³-hybridized carbons (Fsp3) is 0.533. The Morgan fingerprint density at radius 1 is 1.42 bits per heavy atom. The maximum atomic E-state index is 11.5. The molecule has 104 valence electrons. The molecule has 1 aliphatic rings. The first-order valence-corrected chi connectivity index (χ1v) is 6.96. The zero-order valence-corrected chi connectivity index (χ0v) is 11.8. The molecular formula is C15H23N3O. The standard InChI is InChI=1S/C15H23N3O/c1-3-6-15(7-8-15)10-18-13-5-4-11(9-12(13)16)14(19)17-2/h4-5,9,18H,3,6-8,10,16H2,1-2H3,(H,17,19). The van der Waals surface area contributed by atoms with Gasteiger partial charge in [0.05, 0.1) is 11.4 Å². The van der Waals surface area contributed by atoms with E-state index in [0.717, 1.165) is 12.2 Å². The SMILES string of the molecule is CCCC1(CNc2ccc(C(=O)NC)cc2N)CC1. The molecule has 4 heteroatoms. The quantitative estimate of drug-likeness (QED) is 0.690. The Morgan fingerprint density at radius 3 is 2.68 bits per heavy atom. The van der Waals surface area contributed by atoms with Crippen molar-refractivity contribution in [1.29, 1.82) is 0 Å². The summed E-state index contributed by atoms with van der Waals surface area (Å²) < 4.78 is 0. The number of nitrogens with two attached hydrogens (primary N) is 1. The van der Waals surface area contributed by atoms with Gasteiger partial charge in [-0.05, 0) is 42.9 Å². The molecule has 0 spiro atoms. The first-order valence-electron chi connectivity index (χ1n) is 6.96. The Morgan fingerprint density at radius 2 is 2.16 bits per heavy atom. The van der Waals surface area contributed by atoms with Crippen molar-refractivity contribution in [2.24, 2.45) is 5.41 Å². The lowest BCUT2D eigenvalue weighted by molar-refractivity contribution is 0.0963. The van der Waals surface area contributed by atoms with Crippen molar-refractivity contribution in [2.75, 3.05) is 24.6 Å². The number of anilines is 2. The minimum atomic E-state index is -0.108. The summed E-state index contributed by atoms with van der Waals surface area (Å²) in [7, 11) is 1.62. The molecule has 0 heterocycles. The third kappa shape index (κ3) is 3.19. The molecule has 0 radical (unpaired) electrons. The highest BCUT2D eigenvalue weighted by Crippen LogP contribution is 2.49. The zero-order valence-electron chi connectivity index (χ0n) is 11.8. The number of amides is 1. The van der Waals surface area contributed by atoms with Crippen LogP contribution in [0, 0.1) is 5.41 Å². The Bertz CT molecular complexity index is 466. The van der Waals surface area contributed by atoms with E-state index >= 15 is 0 Å². The van der Waals surface area contributed by atoms with E-state index in [-0.39, 0.29) is 5.91 Å². The van der Waals surface area contributed by atoms with Crippen LogP contribution in [0.3, 0.4) is 0 Å². The Kier molecular flexibility index (Phi) is 3.98. The molecule has 2 rings (SSSR count). The van der Waals surface area contributed by atoms with Gasteiger partial charge in [-0.15, -0.1) is 0 Å². The van der Waals surface area contributed by atoms with Gasteiger partial charge in [0, 0.05) is 19.2 Å². The molecule has 19 heavy (non-hydrogen) atoms. The summed E-state index contributed by atoms with van der Waals surface area (Å²) in [4.78, 5) is 11.5. The molecule has 0 aromatic heterocycles. The molecule has 0 unspecified atom stereocenters. The van der Waals surface area contributed by atoms with Crippen molar-refractivity contribution < 1.29 is 4.79 Å². The second kappa shape index (κ2) is 5.51. The van der Waals surface area contributed by atoms with Crippen molar-refractivity contribution >= 4 is 17.3 Å². The van der Waals surface area contributed by atoms with Crippen LogP contribution in [0.5, 0.6) is 0 Å². The molecule has 1 fully saturated rings. The number of hydrogen-bond acceptors (Lipinski definition) is 3. The molecule has 0 aliphatic heterocycles. The number of nitrogen functional groups attached to an aromatic ring is 1. The average Bonchev–Trinajstić information content (AvgIpc) is 3.17. The average molecular weight is 261 g/mol. The molecule has 1 aromatic carbocycles. The fourth-order valence-electron chi connectivity index (χ4n) is 2.51. The predicted molar refractivity (Wildman–Crippen MR) is 79.3 cm³/mol. The van der Waals surface area contributed by atoms with Crippen LogP contribution in [0.1, 0.15) is 43.0 Å². The predicted octanol–water partition coefficient (Wildman–Crippen LogP) is 2.62. The number of benzene rings is 1. The highest BCUT2D eigenvalue weighted by Gasteiger charge is 2.41. The van der Waals surface area contributed by atoms with E-state index in [1.807, 2.05) is 6.07 Å². The first-order chi connectivity index (χ1) is 9.10. The smallest absolute Gasteiger partial charge is 0.251 e. The lowest BCUT2D eigenvalue weighted by atomic mass is 10.0. The summed E-state index contributed by atoms with van der Waals surface area (Å²) >= 11 is 0. The maximum Gasteiger partial charge on any atom is 0.251 e. The van der Waals surface area contributed by atoms with E-state index < -0.39 is 0 Å². The lowest BCUT2D eigenvalue weighted by Gasteiger charge is -2.17. The van der Waals surface area contributed by atoms with Gasteiger partial charge in [0.15, 0.2) is 0 Å². The van der Waals surface area contributed by atoms with E-state index in [9.17, 15) is 4.79 Å². The number of nitrogens with one attached hydrogen (secondary N) is 2. The zero-order chi connectivity index (χ0) is 13.9. The van der Waals surface area contributed by atoms with Gasteiger partial charge in [0.2, 0.25) is 0 Å². The number of rotatable bonds is 6. The lowest BCUT2D eigenvalue weighted by Crippen LogP contribution is -2.19. The van der Waals surface area contributed by atoms with E-state index in [2.05, 4.69) is 17.6 Å². The van der Waals surface area contributed by atoms with Crippen LogP contribution in [0.25, 0.3) is 0 Å². The molecule has 0 atom stereocenters. The van der Waals surface area contributed by atoms with Crippen LogP contribution in [0.4, 0.5) is 11.4 Å². The molecule has 4 nitrogen and oxygen atoms in total. The van der Waals surface area contributed by atoms with E-state index in [1.54, 1.807) is 19.2 Å². The summed E-state index contributed by atoms with van der Waals surface area (Å²) in [6.07, 6.45) is 5.12. The van der Waals surface area contributed by atoms with E-state index in [0.29, 0.717) is 16.7 Å². The summed E-state index contributed by atoms with van der Waals surface area (Å²) in [5.74, 6) is -0.108. The van der Waals surface area contributed by atoms with Crippen molar-refractivity contribution in [3.63, 3.8) is 0 Å². The number of hydrogen-bond donors (Lipinski definition) is 3. The van der Waals surface area contributed by atoms with Gasteiger partial charge >= 0.3 is 0 Å². The van der Waals surface area contributed by atoms with Crippen molar-refractivity contribution in [3.05, 3.63) is 23.8 Å². The third-order valence-corrected chi connectivity index (χ3v) is 3.93. The van der Waals surface area contributed by atoms with Crippen LogP contribution in [0.15, 0.2) is 18.2 Å². The van der Waals surface area contributed by atoms with Crippen LogP contribution >= 0.6 is 0 Å². The van der Waals surface area contributed by atoms with Gasteiger partial charge in [0.1, 0.15) is 0 Å². The van der Waals surface area contributed by atoms with Gasteiger partial charge in [-0.3, -0.25) is 4.79 Å². The van der Waals surface area contributed by atoms with Gasteiger partial charge in [-0.25, -0.2) is 0 Å². The second-order valence-corrected chi connectivity index (χ2v) is 5.48. The van der Waals surface area contributed by atoms with Gasteiger partial charge in [0.25, 0.3) is 5.91 Å². The van der Waals surface area contributed by atoms with Gasteiger partial charge in [-0.2, -0.15) is 0 Å². The monoisotopic (exact) mass is 261 g/mol. The molecule has 4 N–H and O–H groups in total. The largest absolute Gasteiger partial charge is 0.397 e. The minimum absolute atomic E-state index is 0.108. The number of carbonyl (C=O) groups is 1. The Labute approximate surface area is 114 Å². The van der Waals surface area contributed by atoms with Crippen molar-refractivity contribution in [2.45, 2.75) is 32.6 Å². The van der Waals surface area contributed by atoms with Crippen LogP contribution in [-0.4, -0.2) is 19.5 Å². The van der Waals surface area contributed by atoms with Crippen molar-refractivity contribution in [1.82, 2.24) is 5.32 Å². The molecule has 1 saturated carbocycles. The van der Waals surface area contributed by atoms with E-state index in [1.165, 1.54) is 25.7 Å². The maximum absolute atomic E-state index is 11.5. The molecular weight excluding hydrogens is 238 g/mol. The van der Waals surface area contributed by atoms with E-state index in [4.69, 9.17) is 5.73 Å². The molecule has 1 aromatic rings. The second-order valence-electron chi connectivity index (χ2n) is 5.48. The molecule has 0 bridgehead atoms. The summed E-state index contributed by atoms with van der Waals surface area (Å²) in [6, 6.07) is 5.42. The van der Waals surface area contributed by atoms with Gasteiger partial charge < -0.3 is 16.4 Å². The van der Waals surface area contributed by atoms with Crippen LogP contribution in [-0.2, 0) is 0 Å². The summed E-state index contributed by atoms with van der Waals surface area (Å²) in [5, 5.41) is 6.02. The molecule has 1 aliphatic carbocycles. The summed E-state index contributed by atoms with van der Waals surface area (Å²) in [5.41, 5.74) is 8.64. The molecule has 0 saturated heterocycles. The van der Waals surface area contributed by atoms with Crippen LogP contribution < -0.4 is 16.4 Å². The normalized spacial score (nSPS) is 15.9. The number of carbonyl (C=O) groups excluding carboxylic acids is 1. The van der Waals surface area contributed by atoms with Gasteiger partial charge in [-0.1, -0.05) is 13.3 Å². The highest BCUT2D eigenvalue weighted by atomic mass is 16.1. The fourth-order valence-corrected chi connectivity index (χ4v) is 2.51. The molecule has 1 amide bonds. The Balaban J connectivity index is 2.00. The Hall–Kier alpha value is -1.71. The first kappa shape index (κ1) is 13.7.